The Labute approximate surface area is 341 Å². The Morgan fingerprint density at radius 3 is 1.93 bits per heavy atom. The van der Waals surface area contributed by atoms with Crippen molar-refractivity contribution in [1.29, 1.82) is 0 Å². The summed E-state index contributed by atoms with van der Waals surface area (Å²) in [6, 6.07) is 5.04. The number of aliphatic carboxylic acids is 1. The van der Waals surface area contributed by atoms with Crippen molar-refractivity contribution in [3.05, 3.63) is 30.3 Å². The van der Waals surface area contributed by atoms with Gasteiger partial charge >= 0.3 is 23.3 Å². The molecule has 6 rings (SSSR count). The van der Waals surface area contributed by atoms with E-state index in [1.165, 1.54) is 6.92 Å². The van der Waals surface area contributed by atoms with Crippen molar-refractivity contribution in [3.63, 3.8) is 0 Å². The fraction of sp³-hybridized carbons (Fsp3) is 0.528. The first-order valence-corrected chi connectivity index (χ1v) is 18.1. The molecule has 15 atom stereocenters. The minimum absolute atomic E-state index is 0. The van der Waals surface area contributed by atoms with Crippen LogP contribution in [0.2, 0.25) is 0 Å². The van der Waals surface area contributed by atoms with Crippen LogP contribution in [0.15, 0.2) is 34.7 Å². The van der Waals surface area contributed by atoms with Gasteiger partial charge in [0.25, 0.3) is 0 Å². The summed E-state index contributed by atoms with van der Waals surface area (Å²) < 4.78 is 45.0. The van der Waals surface area contributed by atoms with E-state index in [-0.39, 0.29) is 27.8 Å². The van der Waals surface area contributed by atoms with Crippen LogP contribution in [-0.4, -0.2) is 194 Å². The lowest BCUT2D eigenvalue weighted by Crippen LogP contribution is -2.64. The zero-order valence-electron chi connectivity index (χ0n) is 31.5. The second kappa shape index (κ2) is 19.0. The van der Waals surface area contributed by atoms with Crippen LogP contribution >= 0.6 is 0 Å². The highest BCUT2D eigenvalue weighted by molar-refractivity contribution is 5.90. The molecule has 0 saturated carbocycles. The number of hydrogen-bond acceptors (Lipinski definition) is 23. The van der Waals surface area contributed by atoms with E-state index in [4.69, 9.17) is 42.7 Å². The molecule has 2 aromatic carbocycles. The van der Waals surface area contributed by atoms with Crippen LogP contribution in [0.25, 0.3) is 22.3 Å². The smallest absolute Gasteiger partial charge is 0.402 e. The zero-order valence-corrected chi connectivity index (χ0v) is 31.5. The maximum atomic E-state index is 11.8. The molecular formula is C36H44O25. The Kier molecular flexibility index (Phi) is 14.6. The molecule has 3 aliphatic heterocycles. The molecule has 0 amide bonds. The average Bonchev–Trinajstić information content (AvgIpc) is 3.19. The molecule has 25 nitrogen and oxygen atoms in total. The first kappa shape index (κ1) is 47.1. The van der Waals surface area contributed by atoms with E-state index in [9.17, 15) is 76.0 Å². The number of aliphatic hydroxyl groups is 9. The number of esters is 1. The zero-order chi connectivity index (χ0) is 43.9. The minimum atomic E-state index is -1.96. The number of ether oxygens (including phenoxy) is 7. The predicted octanol–water partition coefficient (Wildman–Crippen LogP) is -3.74. The Balaban J connectivity index is 0.00000704. The molecule has 25 heteroatoms. The monoisotopic (exact) mass is 876 g/mol. The summed E-state index contributed by atoms with van der Waals surface area (Å²) in [4.78, 5) is 22.6. The van der Waals surface area contributed by atoms with Crippen molar-refractivity contribution in [2.24, 2.45) is 0 Å². The summed E-state index contributed by atoms with van der Waals surface area (Å²) >= 11 is 0. The van der Waals surface area contributed by atoms with Gasteiger partial charge in [-0.2, -0.15) is 0 Å². The van der Waals surface area contributed by atoms with Gasteiger partial charge in [-0.25, -0.2) is 4.42 Å². The Morgan fingerprint density at radius 2 is 1.30 bits per heavy atom. The van der Waals surface area contributed by atoms with Crippen molar-refractivity contribution < 1.29 is 124 Å². The number of fused-ring (bicyclic) bond motifs is 1. The van der Waals surface area contributed by atoms with E-state index in [1.54, 1.807) is 0 Å². The normalized spacial score (nSPS) is 34.0. The summed E-state index contributed by atoms with van der Waals surface area (Å²) in [5.74, 6) is -7.15. The van der Waals surface area contributed by atoms with Crippen LogP contribution in [-0.2, 0) is 33.3 Å². The topological polar surface area (TPSA) is 423 Å². The number of carboxylic acids is 1. The summed E-state index contributed by atoms with van der Waals surface area (Å²) in [5.41, 5.74) is -0.496. The Bertz CT molecular complexity index is 2010. The lowest BCUT2D eigenvalue weighted by atomic mass is 9.97. The van der Waals surface area contributed by atoms with E-state index in [2.05, 4.69) is 0 Å². The van der Waals surface area contributed by atoms with Gasteiger partial charge in [-0.15, -0.1) is 0 Å². The van der Waals surface area contributed by atoms with Crippen LogP contribution in [0.4, 0.5) is 0 Å². The third-order valence-corrected chi connectivity index (χ3v) is 9.93. The quantitative estimate of drug-likeness (QED) is 0.0360. The van der Waals surface area contributed by atoms with Gasteiger partial charge in [0.15, 0.2) is 29.6 Å². The number of aliphatic hydroxyl groups excluding tert-OH is 9. The molecular weight excluding hydrogens is 832 g/mol. The molecule has 3 aliphatic rings. The van der Waals surface area contributed by atoms with E-state index in [0.717, 1.165) is 30.3 Å². The maximum Gasteiger partial charge on any atom is 0.402 e. The number of rotatable bonds is 12. The largest absolute Gasteiger partial charge is 0.870 e. The molecule has 3 fully saturated rings. The summed E-state index contributed by atoms with van der Waals surface area (Å²) in [5, 5.41) is 145. The number of phenols is 4. The lowest BCUT2D eigenvalue weighted by Gasteiger charge is -2.45. The van der Waals surface area contributed by atoms with E-state index in [1.807, 2.05) is 0 Å². The molecule has 61 heavy (non-hydrogen) atoms. The highest BCUT2D eigenvalue weighted by Gasteiger charge is 2.52. The number of carbonyl (C=O) groups is 2. The Morgan fingerprint density at radius 1 is 0.689 bits per heavy atom. The van der Waals surface area contributed by atoms with Crippen molar-refractivity contribution in [3.8, 4) is 45.8 Å². The van der Waals surface area contributed by atoms with Gasteiger partial charge < -0.3 is 110 Å². The fourth-order valence-electron chi connectivity index (χ4n) is 6.60. The summed E-state index contributed by atoms with van der Waals surface area (Å²) in [6.45, 7) is -0.291. The van der Waals surface area contributed by atoms with E-state index < -0.39 is 158 Å². The first-order valence-electron chi connectivity index (χ1n) is 18.1. The molecule has 15 N–H and O–H groups in total. The summed E-state index contributed by atoms with van der Waals surface area (Å²) in [6.07, 6.45) is -27.2. The fourth-order valence-corrected chi connectivity index (χ4v) is 6.60. The van der Waals surface area contributed by atoms with Gasteiger partial charge in [0.1, 0.15) is 91.0 Å². The molecule has 0 radical (unpaired) electrons. The summed E-state index contributed by atoms with van der Waals surface area (Å²) in [7, 11) is 0. The lowest BCUT2D eigenvalue weighted by molar-refractivity contribution is -0.354. The van der Waals surface area contributed by atoms with Crippen LogP contribution in [0.3, 0.4) is 0 Å². The van der Waals surface area contributed by atoms with Crippen molar-refractivity contribution in [1.82, 2.24) is 0 Å². The maximum absolute atomic E-state index is 11.8. The number of carbonyl (C=O) groups excluding carboxylic acids is 1. The number of benzene rings is 2. The third kappa shape index (κ3) is 9.74. The van der Waals surface area contributed by atoms with E-state index >= 15 is 0 Å². The van der Waals surface area contributed by atoms with Crippen LogP contribution < -0.4 is 9.47 Å². The van der Waals surface area contributed by atoms with E-state index in [0.29, 0.717) is 0 Å². The van der Waals surface area contributed by atoms with Gasteiger partial charge in [0, 0.05) is 24.3 Å². The number of carboxylic acid groups (broad SMARTS) is 1. The van der Waals surface area contributed by atoms with Gasteiger partial charge in [-0.3, -0.25) is 9.59 Å². The van der Waals surface area contributed by atoms with Crippen molar-refractivity contribution in [2.45, 2.75) is 105 Å². The van der Waals surface area contributed by atoms with Gasteiger partial charge in [0.05, 0.1) is 24.3 Å². The van der Waals surface area contributed by atoms with Gasteiger partial charge in [-0.05, 0) is 6.92 Å². The predicted molar refractivity (Wildman–Crippen MR) is 191 cm³/mol. The molecule has 3 saturated heterocycles. The number of aromatic hydroxyl groups is 4. The standard InChI is InChI=1S/C36H42O24.H2O/c1-10-23(44)27(48)30(51)34(54-10)60-33-29(50)25(46)19(8-37)58-36(33)57-18-6-13-14(38)4-12(5-17(13)56-32(18)11-2-15(39)24(45)16(40)3-11)55-35-31(52)28(49)26(47)20(59-35)9-53-22(43)7-21(41)42;/h2-6,10,19-20,23,25-31,33-37,44,46-52H,7-9H2,1H3,(H4-,38,39,40,41,42,45);1H2/t10-,19+,20+,23-,25+,26+,27+,28-,29-,30+,31+,33+,34-,35+,36-;/m0./s1. The SMILES string of the molecule is C[C@@H]1O[C@@H](O[C@H]2[C@@H](Oc3cc4c(O)cc(O[C@@H]5O[C@H](COC(=O)CC(=O)O)[C@@H](O)[C@H](O)[C@H]5O)cc4[o+]c3-c3cc(O)c(O)c(O)c3)O[C@H](CO)[C@@H](O)[C@@H]2O)[C@H](O)[C@H](O)[C@H]1O.[OH-]. The van der Waals surface area contributed by atoms with Crippen molar-refractivity contribution in [2.75, 3.05) is 13.2 Å². The average molecular weight is 877 g/mol. The highest BCUT2D eigenvalue weighted by atomic mass is 16.8. The third-order valence-electron chi connectivity index (χ3n) is 9.93. The molecule has 3 aromatic rings. The molecule has 0 aliphatic carbocycles. The Hall–Kier alpha value is -4.97. The molecule has 1 aromatic heterocycles. The van der Waals surface area contributed by atoms with Crippen LogP contribution in [0.1, 0.15) is 13.3 Å². The molecule has 338 valence electrons. The first-order chi connectivity index (χ1) is 28.3. The van der Waals surface area contributed by atoms with Crippen molar-refractivity contribution >= 4 is 22.9 Å². The molecule has 0 spiro atoms. The molecule has 4 heterocycles. The second-order valence-electron chi connectivity index (χ2n) is 14.1. The van der Waals surface area contributed by atoms with Crippen LogP contribution in [0.5, 0.6) is 34.5 Å². The van der Waals surface area contributed by atoms with Gasteiger partial charge in [-0.1, -0.05) is 0 Å². The second-order valence-corrected chi connectivity index (χ2v) is 14.1. The van der Waals surface area contributed by atoms with Gasteiger partial charge in [0.2, 0.25) is 18.3 Å². The van der Waals surface area contributed by atoms with Crippen LogP contribution in [0, 0.1) is 0 Å². The minimum Gasteiger partial charge on any atom is -0.870 e. The number of hydrogen-bond donors (Lipinski definition) is 14. The molecule has 0 unspecified atom stereocenters. The highest BCUT2D eigenvalue weighted by Crippen LogP contribution is 2.45. The number of phenolic OH excluding ortho intramolecular Hbond substituents is 4. The molecule has 0 bridgehead atoms.